The zero-order valence-electron chi connectivity index (χ0n) is 19.1. The topological polar surface area (TPSA) is 67.8 Å². The highest BCUT2D eigenvalue weighted by Gasteiger charge is 2.26. The fourth-order valence-corrected chi connectivity index (χ4v) is 4.26. The summed E-state index contributed by atoms with van der Waals surface area (Å²) in [5.74, 6) is -0.524. The van der Waals surface area contributed by atoms with Crippen LogP contribution in [0.1, 0.15) is 36.5 Å². The van der Waals surface area contributed by atoms with Gasteiger partial charge in [-0.05, 0) is 89.2 Å². The zero-order chi connectivity index (χ0) is 24.4. The number of nitrogens with one attached hydrogen (secondary N) is 1. The predicted molar refractivity (Wildman–Crippen MR) is 128 cm³/mol. The van der Waals surface area contributed by atoms with Crippen LogP contribution < -0.4 is 14.8 Å². The maximum atomic E-state index is 14.2. The monoisotopic (exact) mass is 465 g/mol. The summed E-state index contributed by atoms with van der Waals surface area (Å²) < 4.78 is 37.8. The highest BCUT2D eigenvalue weighted by molar-refractivity contribution is 6.08. The van der Waals surface area contributed by atoms with E-state index in [1.54, 1.807) is 24.3 Å². The second-order valence-electron chi connectivity index (χ2n) is 8.16. The van der Waals surface area contributed by atoms with Crippen molar-refractivity contribution in [2.45, 2.75) is 25.8 Å². The molecule has 0 saturated heterocycles. The van der Waals surface area contributed by atoms with E-state index in [-0.39, 0.29) is 41.4 Å². The zero-order valence-corrected chi connectivity index (χ0v) is 19.1. The Morgan fingerprint density at radius 1 is 1.15 bits per heavy atom. The molecule has 5 nitrogen and oxygen atoms in total. The summed E-state index contributed by atoms with van der Waals surface area (Å²) in [6.07, 6.45) is 6.70. The lowest BCUT2D eigenvalue weighted by Gasteiger charge is -2.16. The number of carbonyl (C=O) groups is 1. The molecule has 2 aromatic carbocycles. The Balaban J connectivity index is 1.69. The smallest absolute Gasteiger partial charge is 0.224 e. The number of hydrogen-bond donors (Lipinski definition) is 2. The second kappa shape index (κ2) is 9.55. The molecule has 0 spiro atoms. The average molecular weight is 465 g/mol. The number of methoxy groups -OCH3 is 2. The summed E-state index contributed by atoms with van der Waals surface area (Å²) in [5.41, 5.74) is 4.56. The SMILES string of the molecule is COc1cc(/C=C2/C(C)=C(CC(=O)NC3C=CC(F)=CC3)c3cc(F)ccc32)cc(OC)c1O. The van der Waals surface area contributed by atoms with Crippen LogP contribution in [-0.2, 0) is 4.79 Å². The lowest BCUT2D eigenvalue weighted by atomic mass is 10.00. The van der Waals surface area contributed by atoms with Crippen LogP contribution >= 0.6 is 0 Å². The van der Waals surface area contributed by atoms with Crippen LogP contribution in [-0.4, -0.2) is 31.3 Å². The molecule has 2 N–H and O–H groups in total. The van der Waals surface area contributed by atoms with Crippen LogP contribution in [0.3, 0.4) is 0 Å². The molecular formula is C27H25F2NO4. The van der Waals surface area contributed by atoms with Gasteiger partial charge in [0.15, 0.2) is 11.5 Å². The van der Waals surface area contributed by atoms with Gasteiger partial charge in [0.2, 0.25) is 11.7 Å². The van der Waals surface area contributed by atoms with Gasteiger partial charge in [-0.25, -0.2) is 8.78 Å². The van der Waals surface area contributed by atoms with Crippen molar-refractivity contribution in [1.29, 1.82) is 0 Å². The lowest BCUT2D eigenvalue weighted by molar-refractivity contribution is -0.120. The lowest BCUT2D eigenvalue weighted by Crippen LogP contribution is -2.33. The van der Waals surface area contributed by atoms with Crippen molar-refractivity contribution < 1.29 is 28.2 Å². The second-order valence-corrected chi connectivity index (χ2v) is 8.16. The number of phenolic OH excluding ortho intramolecular Hbond substituents is 1. The highest BCUT2D eigenvalue weighted by atomic mass is 19.1. The first kappa shape index (κ1) is 23.3. The quantitative estimate of drug-likeness (QED) is 0.586. The standard InChI is InChI=1S/C27H25F2NO4/c1-15-21(10-16-11-24(33-2)27(32)25(12-16)34-3)20-9-6-18(29)13-23(20)22(15)14-26(31)30-19-7-4-17(28)5-8-19/h4-7,9-13,19,32H,8,14H2,1-3H3,(H,30,31)/b21-10-. The first-order valence-corrected chi connectivity index (χ1v) is 10.8. The van der Waals surface area contributed by atoms with Gasteiger partial charge >= 0.3 is 0 Å². The number of allylic oxidation sites excluding steroid dienone is 4. The van der Waals surface area contributed by atoms with Crippen molar-refractivity contribution in [3.8, 4) is 17.2 Å². The van der Waals surface area contributed by atoms with Crippen LogP contribution in [0.2, 0.25) is 0 Å². The number of phenols is 1. The van der Waals surface area contributed by atoms with Crippen molar-refractivity contribution in [1.82, 2.24) is 5.32 Å². The van der Waals surface area contributed by atoms with Gasteiger partial charge in [0.1, 0.15) is 11.6 Å². The molecule has 2 aliphatic rings. The van der Waals surface area contributed by atoms with E-state index >= 15 is 0 Å². The van der Waals surface area contributed by atoms with E-state index in [0.717, 1.165) is 22.3 Å². The molecule has 0 radical (unpaired) electrons. The molecule has 0 fully saturated rings. The summed E-state index contributed by atoms with van der Waals surface area (Å²) >= 11 is 0. The fourth-order valence-electron chi connectivity index (χ4n) is 4.26. The number of rotatable bonds is 6. The Labute approximate surface area is 196 Å². The summed E-state index contributed by atoms with van der Waals surface area (Å²) in [6, 6.07) is 7.57. The highest BCUT2D eigenvalue weighted by Crippen LogP contribution is 2.45. The Morgan fingerprint density at radius 3 is 2.47 bits per heavy atom. The number of amides is 1. The average Bonchev–Trinajstić information content (AvgIpc) is 3.06. The molecule has 34 heavy (non-hydrogen) atoms. The van der Waals surface area contributed by atoms with Crippen LogP contribution in [0.25, 0.3) is 17.2 Å². The summed E-state index contributed by atoms with van der Waals surface area (Å²) in [4.78, 5) is 12.8. The van der Waals surface area contributed by atoms with Crippen LogP contribution in [0, 0.1) is 5.82 Å². The van der Waals surface area contributed by atoms with Crippen LogP contribution in [0.15, 0.2) is 60.0 Å². The van der Waals surface area contributed by atoms with E-state index in [1.807, 2.05) is 13.0 Å². The molecule has 0 aromatic heterocycles. The van der Waals surface area contributed by atoms with Crippen molar-refractivity contribution in [2.75, 3.05) is 14.2 Å². The minimum atomic E-state index is -0.394. The Morgan fingerprint density at radius 2 is 1.85 bits per heavy atom. The molecule has 0 saturated carbocycles. The van der Waals surface area contributed by atoms with Crippen molar-refractivity contribution in [3.63, 3.8) is 0 Å². The molecular weight excluding hydrogens is 440 g/mol. The molecule has 1 amide bonds. The molecule has 4 rings (SSSR count). The number of ether oxygens (including phenoxy) is 2. The summed E-state index contributed by atoms with van der Waals surface area (Å²) in [6.45, 7) is 1.89. The Kier molecular flexibility index (Phi) is 6.54. The number of hydrogen-bond acceptors (Lipinski definition) is 4. The van der Waals surface area contributed by atoms with Gasteiger partial charge in [0.05, 0.1) is 26.7 Å². The molecule has 0 aliphatic heterocycles. The van der Waals surface area contributed by atoms with E-state index in [9.17, 15) is 18.7 Å². The molecule has 0 bridgehead atoms. The van der Waals surface area contributed by atoms with Crippen LogP contribution in [0.5, 0.6) is 17.2 Å². The Hall–Kier alpha value is -3.87. The maximum Gasteiger partial charge on any atom is 0.224 e. The summed E-state index contributed by atoms with van der Waals surface area (Å²) in [5, 5.41) is 13.1. The fraction of sp³-hybridized carbons (Fsp3) is 0.222. The van der Waals surface area contributed by atoms with Gasteiger partial charge in [-0.3, -0.25) is 4.79 Å². The predicted octanol–water partition coefficient (Wildman–Crippen LogP) is 5.56. The molecule has 1 unspecified atom stereocenters. The number of halogens is 2. The third kappa shape index (κ3) is 4.59. The van der Waals surface area contributed by atoms with Gasteiger partial charge < -0.3 is 19.9 Å². The third-order valence-corrected chi connectivity index (χ3v) is 6.00. The van der Waals surface area contributed by atoms with E-state index in [1.165, 1.54) is 38.5 Å². The normalized spacial score (nSPS) is 18.1. The minimum absolute atomic E-state index is 0.0540. The van der Waals surface area contributed by atoms with Crippen molar-refractivity contribution in [3.05, 3.63) is 82.5 Å². The Bertz CT molecular complexity index is 1250. The largest absolute Gasteiger partial charge is 0.502 e. The maximum absolute atomic E-state index is 14.2. The van der Waals surface area contributed by atoms with Gasteiger partial charge in [0, 0.05) is 0 Å². The number of aromatic hydroxyl groups is 1. The number of carbonyl (C=O) groups excluding carboxylic acids is 1. The van der Waals surface area contributed by atoms with E-state index < -0.39 is 5.82 Å². The molecule has 1 atom stereocenters. The van der Waals surface area contributed by atoms with Crippen molar-refractivity contribution >= 4 is 23.1 Å². The van der Waals surface area contributed by atoms with Gasteiger partial charge in [0.25, 0.3) is 0 Å². The summed E-state index contributed by atoms with van der Waals surface area (Å²) in [7, 11) is 2.90. The molecule has 2 aliphatic carbocycles. The van der Waals surface area contributed by atoms with E-state index in [2.05, 4.69) is 5.32 Å². The van der Waals surface area contributed by atoms with Crippen molar-refractivity contribution in [2.24, 2.45) is 0 Å². The van der Waals surface area contributed by atoms with Gasteiger partial charge in [-0.15, -0.1) is 0 Å². The third-order valence-electron chi connectivity index (χ3n) is 6.00. The number of benzene rings is 2. The van der Waals surface area contributed by atoms with Crippen LogP contribution in [0.4, 0.5) is 8.78 Å². The van der Waals surface area contributed by atoms with Gasteiger partial charge in [-0.1, -0.05) is 12.1 Å². The first-order chi connectivity index (χ1) is 16.3. The van der Waals surface area contributed by atoms with E-state index in [4.69, 9.17) is 9.47 Å². The van der Waals surface area contributed by atoms with E-state index in [0.29, 0.717) is 17.5 Å². The molecule has 2 aromatic rings. The first-order valence-electron chi connectivity index (χ1n) is 10.8. The van der Waals surface area contributed by atoms with Gasteiger partial charge in [-0.2, -0.15) is 0 Å². The molecule has 176 valence electrons. The minimum Gasteiger partial charge on any atom is -0.502 e. The number of fused-ring (bicyclic) bond motifs is 1. The molecule has 0 heterocycles. The molecule has 7 heteroatoms.